The Morgan fingerprint density at radius 3 is 2.67 bits per heavy atom. The first-order valence-electron chi connectivity index (χ1n) is 7.19. The van der Waals surface area contributed by atoms with Crippen molar-refractivity contribution in [3.63, 3.8) is 0 Å². The van der Waals surface area contributed by atoms with Crippen LogP contribution in [0.25, 0.3) is 0 Å². The molecule has 1 aromatic heterocycles. The average molecular weight is 352 g/mol. The Kier molecular flexibility index (Phi) is 5.81. The average Bonchev–Trinajstić information content (AvgIpc) is 2.83. The van der Waals surface area contributed by atoms with Gasteiger partial charge in [0.2, 0.25) is 0 Å². The molecule has 0 bridgehead atoms. The number of hydrogen-bond acceptors (Lipinski definition) is 5. The number of hydrogen-bond donors (Lipinski definition) is 1. The van der Waals surface area contributed by atoms with E-state index in [2.05, 4.69) is 10.4 Å². The molecule has 2 rings (SSSR count). The standard InChI is InChI=1S/C16H18ClN3O4/c1-10-6-11(2)20(19-10)8-16(22)24-9-15(21)18-13-7-12(17)4-5-14(13)23-3/h4-7H,8-9H2,1-3H3,(H,18,21). The van der Waals surface area contributed by atoms with Gasteiger partial charge in [-0.3, -0.25) is 14.3 Å². The van der Waals surface area contributed by atoms with Gasteiger partial charge in [0.15, 0.2) is 6.61 Å². The number of esters is 1. The van der Waals surface area contributed by atoms with E-state index < -0.39 is 18.5 Å². The molecule has 0 atom stereocenters. The summed E-state index contributed by atoms with van der Waals surface area (Å²) in [7, 11) is 1.48. The van der Waals surface area contributed by atoms with Gasteiger partial charge in [-0.2, -0.15) is 5.10 Å². The third kappa shape index (κ3) is 4.73. The molecule has 0 saturated heterocycles. The summed E-state index contributed by atoms with van der Waals surface area (Å²) in [6.45, 7) is 3.22. The molecular weight excluding hydrogens is 334 g/mol. The van der Waals surface area contributed by atoms with E-state index in [4.69, 9.17) is 21.1 Å². The maximum absolute atomic E-state index is 11.9. The molecule has 0 saturated carbocycles. The lowest BCUT2D eigenvalue weighted by molar-refractivity contribution is -0.148. The van der Waals surface area contributed by atoms with Gasteiger partial charge in [0.05, 0.1) is 18.5 Å². The number of benzene rings is 1. The summed E-state index contributed by atoms with van der Waals surface area (Å²) >= 11 is 5.89. The summed E-state index contributed by atoms with van der Waals surface area (Å²) in [5.74, 6) is -0.576. The second-order valence-electron chi connectivity index (χ2n) is 5.14. The van der Waals surface area contributed by atoms with E-state index in [1.165, 1.54) is 11.8 Å². The quantitative estimate of drug-likeness (QED) is 0.808. The van der Waals surface area contributed by atoms with Crippen LogP contribution >= 0.6 is 11.6 Å². The van der Waals surface area contributed by atoms with Crippen LogP contribution in [-0.4, -0.2) is 35.4 Å². The Hall–Kier alpha value is -2.54. The first-order chi connectivity index (χ1) is 11.4. The number of methoxy groups -OCH3 is 1. The fourth-order valence-corrected chi connectivity index (χ4v) is 2.29. The molecule has 1 heterocycles. The summed E-state index contributed by atoms with van der Waals surface area (Å²) in [4.78, 5) is 23.7. The minimum absolute atomic E-state index is 0.0482. The van der Waals surface area contributed by atoms with Crippen molar-refractivity contribution < 1.29 is 19.1 Å². The number of aryl methyl sites for hydroxylation is 2. The highest BCUT2D eigenvalue weighted by Crippen LogP contribution is 2.27. The second kappa shape index (κ2) is 7.83. The summed E-state index contributed by atoms with van der Waals surface area (Å²) in [5, 5.41) is 7.20. The fourth-order valence-electron chi connectivity index (χ4n) is 2.11. The van der Waals surface area contributed by atoms with E-state index in [9.17, 15) is 9.59 Å². The number of amides is 1. The summed E-state index contributed by atoms with van der Waals surface area (Å²) < 4.78 is 11.6. The second-order valence-corrected chi connectivity index (χ2v) is 5.57. The number of carbonyl (C=O) groups excluding carboxylic acids is 2. The Balaban J connectivity index is 1.88. The van der Waals surface area contributed by atoms with Crippen molar-refractivity contribution in [3.05, 3.63) is 40.7 Å². The number of nitrogens with zero attached hydrogens (tertiary/aromatic N) is 2. The molecule has 24 heavy (non-hydrogen) atoms. The molecule has 0 radical (unpaired) electrons. The van der Waals surface area contributed by atoms with Gasteiger partial charge in [-0.1, -0.05) is 11.6 Å². The topological polar surface area (TPSA) is 82.5 Å². The van der Waals surface area contributed by atoms with E-state index in [0.717, 1.165) is 11.4 Å². The van der Waals surface area contributed by atoms with Gasteiger partial charge < -0.3 is 14.8 Å². The number of ether oxygens (including phenoxy) is 2. The Bertz CT molecular complexity index is 758. The first kappa shape index (κ1) is 17.8. The van der Waals surface area contributed by atoms with Crippen molar-refractivity contribution >= 4 is 29.2 Å². The SMILES string of the molecule is COc1ccc(Cl)cc1NC(=O)COC(=O)Cn1nc(C)cc1C. The predicted octanol–water partition coefficient (Wildman–Crippen LogP) is 2.34. The minimum atomic E-state index is -0.547. The molecule has 0 aliphatic carbocycles. The highest BCUT2D eigenvalue weighted by atomic mass is 35.5. The molecule has 8 heteroatoms. The van der Waals surface area contributed by atoms with Crippen LogP contribution in [-0.2, 0) is 20.9 Å². The van der Waals surface area contributed by atoms with Gasteiger partial charge in [-0.15, -0.1) is 0 Å². The highest BCUT2D eigenvalue weighted by molar-refractivity contribution is 6.31. The van der Waals surface area contributed by atoms with Crippen molar-refractivity contribution in [2.45, 2.75) is 20.4 Å². The highest BCUT2D eigenvalue weighted by Gasteiger charge is 2.13. The number of aromatic nitrogens is 2. The first-order valence-corrected chi connectivity index (χ1v) is 7.57. The molecule has 0 unspecified atom stereocenters. The zero-order valence-corrected chi connectivity index (χ0v) is 14.4. The largest absolute Gasteiger partial charge is 0.495 e. The maximum atomic E-state index is 11.9. The lowest BCUT2D eigenvalue weighted by Crippen LogP contribution is -2.23. The van der Waals surface area contributed by atoms with Crippen LogP contribution in [0.4, 0.5) is 5.69 Å². The molecule has 0 aliphatic rings. The molecular formula is C16H18ClN3O4. The Morgan fingerprint density at radius 2 is 2.04 bits per heavy atom. The van der Waals surface area contributed by atoms with Gasteiger partial charge in [0.25, 0.3) is 5.91 Å². The fraction of sp³-hybridized carbons (Fsp3) is 0.312. The van der Waals surface area contributed by atoms with Gasteiger partial charge in [0.1, 0.15) is 12.3 Å². The van der Waals surface area contributed by atoms with E-state index >= 15 is 0 Å². The molecule has 0 spiro atoms. The van der Waals surface area contributed by atoms with Crippen LogP contribution in [0.3, 0.4) is 0 Å². The minimum Gasteiger partial charge on any atom is -0.495 e. The van der Waals surface area contributed by atoms with Gasteiger partial charge in [-0.25, -0.2) is 0 Å². The number of nitrogens with one attached hydrogen (secondary N) is 1. The van der Waals surface area contributed by atoms with Gasteiger partial charge in [0, 0.05) is 10.7 Å². The normalized spacial score (nSPS) is 10.3. The third-order valence-corrected chi connectivity index (χ3v) is 3.42. The molecule has 128 valence electrons. The van der Waals surface area contributed by atoms with Crippen molar-refractivity contribution in [1.82, 2.24) is 9.78 Å². The zero-order valence-electron chi connectivity index (χ0n) is 13.6. The van der Waals surface area contributed by atoms with Crippen LogP contribution in [0.1, 0.15) is 11.4 Å². The van der Waals surface area contributed by atoms with E-state index in [1.807, 2.05) is 19.9 Å². The van der Waals surface area contributed by atoms with Crippen molar-refractivity contribution in [2.24, 2.45) is 0 Å². The van der Waals surface area contributed by atoms with Crippen LogP contribution < -0.4 is 10.1 Å². The van der Waals surface area contributed by atoms with E-state index in [-0.39, 0.29) is 6.54 Å². The Labute approximate surface area is 144 Å². The Morgan fingerprint density at radius 1 is 1.29 bits per heavy atom. The zero-order chi connectivity index (χ0) is 17.7. The number of halogens is 1. The van der Waals surface area contributed by atoms with Crippen LogP contribution in [0.2, 0.25) is 5.02 Å². The monoisotopic (exact) mass is 351 g/mol. The smallest absolute Gasteiger partial charge is 0.328 e. The molecule has 0 fully saturated rings. The maximum Gasteiger partial charge on any atom is 0.328 e. The van der Waals surface area contributed by atoms with Crippen molar-refractivity contribution in [3.8, 4) is 5.75 Å². The lowest BCUT2D eigenvalue weighted by Gasteiger charge is -2.11. The molecule has 1 N–H and O–H groups in total. The summed E-state index contributed by atoms with van der Waals surface area (Å²) in [6.07, 6.45) is 0. The van der Waals surface area contributed by atoms with Crippen LogP contribution in [0.15, 0.2) is 24.3 Å². The van der Waals surface area contributed by atoms with E-state index in [1.54, 1.807) is 18.2 Å². The van der Waals surface area contributed by atoms with Crippen LogP contribution in [0, 0.1) is 13.8 Å². The predicted molar refractivity (Wildman–Crippen MR) is 89.3 cm³/mol. The molecule has 0 aliphatic heterocycles. The summed E-state index contributed by atoms with van der Waals surface area (Å²) in [5.41, 5.74) is 2.06. The summed E-state index contributed by atoms with van der Waals surface area (Å²) in [6, 6.07) is 6.68. The van der Waals surface area contributed by atoms with E-state index in [0.29, 0.717) is 16.5 Å². The van der Waals surface area contributed by atoms with Gasteiger partial charge in [-0.05, 0) is 38.1 Å². The number of anilines is 1. The van der Waals surface area contributed by atoms with Gasteiger partial charge >= 0.3 is 5.97 Å². The number of carbonyl (C=O) groups is 2. The third-order valence-electron chi connectivity index (χ3n) is 3.18. The number of rotatable bonds is 6. The molecule has 1 amide bonds. The lowest BCUT2D eigenvalue weighted by atomic mass is 10.3. The van der Waals surface area contributed by atoms with Crippen molar-refractivity contribution in [2.75, 3.05) is 19.0 Å². The van der Waals surface area contributed by atoms with Crippen molar-refractivity contribution in [1.29, 1.82) is 0 Å². The van der Waals surface area contributed by atoms with Crippen LogP contribution in [0.5, 0.6) is 5.75 Å². The molecule has 7 nitrogen and oxygen atoms in total. The molecule has 1 aromatic carbocycles. The molecule has 2 aromatic rings.